The number of anilines is 1. The van der Waals surface area contributed by atoms with Crippen LogP contribution in [0.1, 0.15) is 34.0 Å². The van der Waals surface area contributed by atoms with E-state index in [9.17, 15) is 4.79 Å². The number of aryl methyl sites for hydroxylation is 1. The molecule has 0 unspecified atom stereocenters. The van der Waals surface area contributed by atoms with Crippen LogP contribution in [0.15, 0.2) is 55.0 Å². The van der Waals surface area contributed by atoms with Crippen LogP contribution >= 0.6 is 0 Å². The molecule has 1 fully saturated rings. The number of rotatable bonds is 8. The fraction of sp³-hybridized carbons (Fsp3) is 0.333. The van der Waals surface area contributed by atoms with Crippen LogP contribution < -0.4 is 5.32 Å². The van der Waals surface area contributed by atoms with Gasteiger partial charge in [-0.15, -0.1) is 0 Å². The third-order valence-electron chi connectivity index (χ3n) is 5.97. The number of hydrogen-bond acceptors (Lipinski definition) is 6. The van der Waals surface area contributed by atoms with Crippen molar-refractivity contribution < 1.29 is 9.53 Å². The first-order chi connectivity index (χ1) is 16.1. The van der Waals surface area contributed by atoms with Crippen LogP contribution in [-0.4, -0.2) is 68.5 Å². The summed E-state index contributed by atoms with van der Waals surface area (Å²) in [5.41, 5.74) is 3.98. The molecular weight excluding hydrogens is 418 g/mol. The Morgan fingerprint density at radius 3 is 2.85 bits per heavy atom. The molecule has 9 heteroatoms. The predicted octanol–water partition coefficient (Wildman–Crippen LogP) is 2.91. The first-order valence-corrected chi connectivity index (χ1v) is 11.1. The maximum Gasteiger partial charge on any atom is 0.262 e. The normalized spacial score (nSPS) is 14.5. The Bertz CT molecular complexity index is 1260. The van der Waals surface area contributed by atoms with Gasteiger partial charge in [0, 0.05) is 57.7 Å². The SMILES string of the molecule is COCCCN1CC(c2cc(NC(=O)c3cnn4cccnc34)n(-c3ccc(C)cc3)n2)C1. The molecule has 1 aliphatic heterocycles. The van der Waals surface area contributed by atoms with Gasteiger partial charge in [0.2, 0.25) is 0 Å². The van der Waals surface area contributed by atoms with E-state index in [1.165, 1.54) is 11.8 Å². The molecule has 4 heterocycles. The van der Waals surface area contributed by atoms with Gasteiger partial charge >= 0.3 is 0 Å². The lowest BCUT2D eigenvalue weighted by Gasteiger charge is -2.38. The summed E-state index contributed by atoms with van der Waals surface area (Å²) in [6.45, 7) is 5.76. The van der Waals surface area contributed by atoms with Crippen LogP contribution in [0.4, 0.5) is 5.82 Å². The highest BCUT2D eigenvalue weighted by Gasteiger charge is 2.30. The zero-order valence-electron chi connectivity index (χ0n) is 18.8. The van der Waals surface area contributed by atoms with Crippen molar-refractivity contribution in [2.45, 2.75) is 19.3 Å². The molecule has 0 atom stereocenters. The van der Waals surface area contributed by atoms with Crippen molar-refractivity contribution in [3.8, 4) is 5.69 Å². The summed E-state index contributed by atoms with van der Waals surface area (Å²) in [6, 6.07) is 11.9. The number of fused-ring (bicyclic) bond motifs is 1. The topological polar surface area (TPSA) is 89.6 Å². The molecule has 4 aromatic rings. The standard InChI is InChI=1S/C24H27N7O2/c1-17-5-7-19(8-6-17)31-22(13-21(28-31)18-15-29(16-18)10-4-12-33-2)27-24(32)20-14-26-30-11-3-9-25-23(20)30/h3,5-9,11,13-14,18H,4,10,12,15-16H2,1-2H3,(H,27,32). The highest BCUT2D eigenvalue weighted by molar-refractivity contribution is 6.07. The smallest absolute Gasteiger partial charge is 0.262 e. The average Bonchev–Trinajstić information content (AvgIpc) is 3.40. The van der Waals surface area contributed by atoms with Gasteiger partial charge in [-0.05, 0) is 31.5 Å². The van der Waals surface area contributed by atoms with Gasteiger partial charge in [-0.3, -0.25) is 4.79 Å². The van der Waals surface area contributed by atoms with Gasteiger partial charge in [-0.25, -0.2) is 14.2 Å². The van der Waals surface area contributed by atoms with Gasteiger partial charge < -0.3 is 15.0 Å². The number of nitrogens with zero attached hydrogens (tertiary/aromatic N) is 6. The summed E-state index contributed by atoms with van der Waals surface area (Å²) >= 11 is 0. The number of aromatic nitrogens is 5. The zero-order valence-corrected chi connectivity index (χ0v) is 18.8. The van der Waals surface area contributed by atoms with Gasteiger partial charge in [-0.2, -0.15) is 10.2 Å². The van der Waals surface area contributed by atoms with Crippen molar-refractivity contribution >= 4 is 17.4 Å². The maximum absolute atomic E-state index is 13.1. The molecule has 5 rings (SSSR count). The summed E-state index contributed by atoms with van der Waals surface area (Å²) in [4.78, 5) is 19.8. The first-order valence-electron chi connectivity index (χ1n) is 11.1. The van der Waals surface area contributed by atoms with Crippen LogP contribution in [0.2, 0.25) is 0 Å². The molecule has 1 saturated heterocycles. The van der Waals surface area contributed by atoms with Crippen molar-refractivity contribution in [3.63, 3.8) is 0 Å². The number of methoxy groups -OCH3 is 1. The van der Waals surface area contributed by atoms with Crippen molar-refractivity contribution in [2.75, 3.05) is 38.7 Å². The first kappa shape index (κ1) is 21.3. The van der Waals surface area contributed by atoms with E-state index in [1.807, 2.05) is 37.3 Å². The Labute approximate surface area is 192 Å². The molecule has 1 aromatic carbocycles. The largest absolute Gasteiger partial charge is 0.385 e. The molecule has 1 amide bonds. The van der Waals surface area contributed by atoms with E-state index >= 15 is 0 Å². The van der Waals surface area contributed by atoms with Crippen LogP contribution in [0.3, 0.4) is 0 Å². The van der Waals surface area contributed by atoms with E-state index in [0.717, 1.165) is 44.0 Å². The van der Waals surface area contributed by atoms with Crippen LogP contribution in [-0.2, 0) is 4.74 Å². The summed E-state index contributed by atoms with van der Waals surface area (Å²) in [5.74, 6) is 0.707. The van der Waals surface area contributed by atoms with E-state index in [0.29, 0.717) is 22.9 Å². The lowest BCUT2D eigenvalue weighted by molar-refractivity contribution is 0.102. The molecule has 0 saturated carbocycles. The minimum absolute atomic E-state index is 0.265. The molecule has 170 valence electrons. The van der Waals surface area contributed by atoms with Crippen molar-refractivity contribution in [2.24, 2.45) is 0 Å². The Morgan fingerprint density at radius 2 is 2.06 bits per heavy atom. The Hall–Kier alpha value is -3.56. The monoisotopic (exact) mass is 445 g/mol. The number of carbonyl (C=O) groups is 1. The molecule has 1 N–H and O–H groups in total. The second-order valence-electron chi connectivity index (χ2n) is 8.40. The Morgan fingerprint density at radius 1 is 1.24 bits per heavy atom. The molecule has 0 bridgehead atoms. The molecule has 3 aromatic heterocycles. The number of likely N-dealkylation sites (tertiary alicyclic amines) is 1. The molecule has 0 spiro atoms. The highest BCUT2D eigenvalue weighted by Crippen LogP contribution is 2.30. The number of amides is 1. The van der Waals surface area contributed by atoms with E-state index in [2.05, 4.69) is 20.3 Å². The van der Waals surface area contributed by atoms with Gasteiger partial charge in [0.25, 0.3) is 5.91 Å². The molecule has 1 aliphatic rings. The summed E-state index contributed by atoms with van der Waals surface area (Å²) in [5, 5.41) is 12.1. The summed E-state index contributed by atoms with van der Waals surface area (Å²) in [7, 11) is 1.73. The lowest BCUT2D eigenvalue weighted by Crippen LogP contribution is -2.45. The van der Waals surface area contributed by atoms with Crippen molar-refractivity contribution in [1.82, 2.24) is 29.3 Å². The van der Waals surface area contributed by atoms with Crippen LogP contribution in [0.25, 0.3) is 11.3 Å². The summed E-state index contributed by atoms with van der Waals surface area (Å²) in [6.07, 6.45) is 5.98. The van der Waals surface area contributed by atoms with Crippen LogP contribution in [0.5, 0.6) is 0 Å². The third kappa shape index (κ3) is 4.37. The van der Waals surface area contributed by atoms with E-state index in [4.69, 9.17) is 9.84 Å². The quantitative estimate of drug-likeness (QED) is 0.420. The number of carbonyl (C=O) groups excluding carboxylic acids is 1. The second-order valence-corrected chi connectivity index (χ2v) is 8.40. The highest BCUT2D eigenvalue weighted by atomic mass is 16.5. The Balaban J connectivity index is 1.39. The van der Waals surface area contributed by atoms with Gasteiger partial charge in [0.15, 0.2) is 5.65 Å². The lowest BCUT2D eigenvalue weighted by atomic mass is 9.96. The molecule has 0 aliphatic carbocycles. The summed E-state index contributed by atoms with van der Waals surface area (Å²) < 4.78 is 8.54. The predicted molar refractivity (Wildman–Crippen MR) is 125 cm³/mol. The van der Waals surface area contributed by atoms with E-state index in [-0.39, 0.29) is 5.91 Å². The average molecular weight is 446 g/mol. The maximum atomic E-state index is 13.1. The third-order valence-corrected chi connectivity index (χ3v) is 5.97. The number of ether oxygens (including phenoxy) is 1. The second kappa shape index (κ2) is 9.13. The fourth-order valence-electron chi connectivity index (χ4n) is 4.11. The molecular formula is C24H27N7O2. The molecule has 33 heavy (non-hydrogen) atoms. The zero-order chi connectivity index (χ0) is 22.8. The fourth-order valence-corrected chi connectivity index (χ4v) is 4.11. The minimum Gasteiger partial charge on any atom is -0.385 e. The van der Waals surface area contributed by atoms with Crippen molar-refractivity contribution in [1.29, 1.82) is 0 Å². The van der Waals surface area contributed by atoms with Gasteiger partial charge in [0.1, 0.15) is 11.4 Å². The number of hydrogen-bond donors (Lipinski definition) is 1. The molecule has 9 nitrogen and oxygen atoms in total. The van der Waals surface area contributed by atoms with Gasteiger partial charge in [-0.1, -0.05) is 17.7 Å². The van der Waals surface area contributed by atoms with E-state index in [1.54, 1.807) is 34.8 Å². The molecule has 0 radical (unpaired) electrons. The van der Waals surface area contributed by atoms with Crippen molar-refractivity contribution in [3.05, 3.63) is 71.8 Å². The van der Waals surface area contributed by atoms with Crippen LogP contribution in [0, 0.1) is 6.92 Å². The van der Waals surface area contributed by atoms with Gasteiger partial charge in [0.05, 0.1) is 17.6 Å². The number of nitrogens with one attached hydrogen (secondary N) is 1. The van der Waals surface area contributed by atoms with E-state index < -0.39 is 0 Å². The number of benzene rings is 1. The Kier molecular flexibility index (Phi) is 5.89. The minimum atomic E-state index is -0.265.